The van der Waals surface area contributed by atoms with Crippen LogP contribution in [-0.4, -0.2) is 27.9 Å². The number of hydrogen-bond acceptors (Lipinski definition) is 5. The zero-order chi connectivity index (χ0) is 23.9. The van der Waals surface area contributed by atoms with E-state index in [2.05, 4.69) is 18.8 Å². The van der Waals surface area contributed by atoms with Crippen molar-refractivity contribution in [1.29, 1.82) is 0 Å². The van der Waals surface area contributed by atoms with Gasteiger partial charge in [-0.15, -0.1) is 0 Å². The molecule has 0 bridgehead atoms. The molecule has 1 saturated carbocycles. The van der Waals surface area contributed by atoms with Gasteiger partial charge in [0.25, 0.3) is 5.56 Å². The smallest absolute Gasteiger partial charge is 0.362 e. The quantitative estimate of drug-likeness (QED) is 0.422. The highest BCUT2D eigenvalue weighted by molar-refractivity contribution is 7.91. The predicted molar refractivity (Wildman–Crippen MR) is 120 cm³/mol. The standard InChI is InChI=1S/C22H19ClFN3O5S/c1-22(2)9-11(10-22)26-6-5-13-15(24)7-12(8-16(13)26)33(31,32)17-4-3-14(23)18-19(17)25-21(29)27(30)20(18)28/h3-8,11,30H,9-10H2,1-2H3,(H,25,29). The fraction of sp³-hybridized carbons (Fsp3) is 0.273. The Morgan fingerprint density at radius 2 is 1.88 bits per heavy atom. The van der Waals surface area contributed by atoms with Crippen LogP contribution in [0.15, 0.2) is 55.9 Å². The van der Waals surface area contributed by atoms with Gasteiger partial charge in [0, 0.05) is 17.6 Å². The predicted octanol–water partition coefficient (Wildman–Crippen LogP) is 3.87. The summed E-state index contributed by atoms with van der Waals surface area (Å²) in [5.41, 5.74) is -2.15. The van der Waals surface area contributed by atoms with E-state index in [0.717, 1.165) is 25.0 Å². The van der Waals surface area contributed by atoms with E-state index in [0.29, 0.717) is 10.9 Å². The Bertz CT molecular complexity index is 1690. The van der Waals surface area contributed by atoms with E-state index in [1.807, 2.05) is 4.57 Å². The van der Waals surface area contributed by atoms with Crippen LogP contribution in [-0.2, 0) is 9.84 Å². The van der Waals surface area contributed by atoms with E-state index < -0.39 is 31.8 Å². The average Bonchev–Trinajstić information content (AvgIpc) is 3.14. The number of benzene rings is 2. The van der Waals surface area contributed by atoms with E-state index in [9.17, 15) is 27.6 Å². The van der Waals surface area contributed by atoms with Gasteiger partial charge < -0.3 is 14.8 Å². The highest BCUT2D eigenvalue weighted by atomic mass is 35.5. The molecule has 172 valence electrons. The Kier molecular flexibility index (Phi) is 4.57. The van der Waals surface area contributed by atoms with Gasteiger partial charge in [0.15, 0.2) is 0 Å². The Hall–Kier alpha value is -3.11. The van der Waals surface area contributed by atoms with E-state index in [4.69, 9.17) is 11.6 Å². The highest BCUT2D eigenvalue weighted by Crippen LogP contribution is 2.49. The summed E-state index contributed by atoms with van der Waals surface area (Å²) in [5, 5.41) is 9.39. The van der Waals surface area contributed by atoms with Gasteiger partial charge >= 0.3 is 5.69 Å². The van der Waals surface area contributed by atoms with Crippen molar-refractivity contribution in [2.75, 3.05) is 0 Å². The summed E-state index contributed by atoms with van der Waals surface area (Å²) in [5.74, 6) is -0.701. The summed E-state index contributed by atoms with van der Waals surface area (Å²) in [7, 11) is -4.39. The number of fused-ring (bicyclic) bond motifs is 2. The number of nitrogens with one attached hydrogen (secondary N) is 1. The maximum atomic E-state index is 15.0. The first kappa shape index (κ1) is 21.7. The summed E-state index contributed by atoms with van der Waals surface area (Å²) >= 11 is 6.04. The largest absolute Gasteiger partial charge is 0.421 e. The van der Waals surface area contributed by atoms with Crippen molar-refractivity contribution < 1.29 is 18.0 Å². The molecule has 0 radical (unpaired) electrons. The number of sulfone groups is 1. The van der Waals surface area contributed by atoms with Gasteiger partial charge in [-0.05, 0) is 48.6 Å². The summed E-state index contributed by atoms with van der Waals surface area (Å²) in [6.45, 7) is 4.27. The number of halogens is 2. The lowest BCUT2D eigenvalue weighted by molar-refractivity contribution is 0.107. The lowest BCUT2D eigenvalue weighted by Gasteiger charge is -2.43. The number of hydrogen-bond donors (Lipinski definition) is 2. The molecule has 1 fully saturated rings. The van der Waals surface area contributed by atoms with Gasteiger partial charge in [-0.2, -0.15) is 0 Å². The number of nitrogens with zero attached hydrogens (tertiary/aromatic N) is 2. The molecule has 1 aliphatic rings. The lowest BCUT2D eigenvalue weighted by atomic mass is 9.68. The summed E-state index contributed by atoms with van der Waals surface area (Å²) in [4.78, 5) is 25.7. The van der Waals surface area contributed by atoms with Crippen LogP contribution in [0.4, 0.5) is 4.39 Å². The molecule has 0 spiro atoms. The van der Waals surface area contributed by atoms with Crippen LogP contribution < -0.4 is 11.2 Å². The Labute approximate surface area is 191 Å². The van der Waals surface area contributed by atoms with Crippen LogP contribution in [0.3, 0.4) is 0 Å². The van der Waals surface area contributed by atoms with Crippen molar-refractivity contribution in [1.82, 2.24) is 14.3 Å². The van der Waals surface area contributed by atoms with Gasteiger partial charge in [0.2, 0.25) is 9.84 Å². The molecule has 5 rings (SSSR count). The lowest BCUT2D eigenvalue weighted by Crippen LogP contribution is -2.33. The SMILES string of the molecule is CC1(C)CC(n2ccc3c(F)cc(S(=O)(=O)c4ccc(Cl)c5c(=O)n(O)c(=O)[nH]c45)cc32)C1. The molecule has 33 heavy (non-hydrogen) atoms. The highest BCUT2D eigenvalue weighted by Gasteiger charge is 2.37. The molecule has 0 aliphatic heterocycles. The van der Waals surface area contributed by atoms with E-state index in [-0.39, 0.29) is 37.0 Å². The second-order valence-electron chi connectivity index (χ2n) is 9.13. The molecule has 2 heterocycles. The van der Waals surface area contributed by atoms with Crippen LogP contribution in [0.5, 0.6) is 0 Å². The molecule has 2 aromatic heterocycles. The Morgan fingerprint density at radius 1 is 1.18 bits per heavy atom. The van der Waals surface area contributed by atoms with Gasteiger partial charge in [-0.3, -0.25) is 4.79 Å². The molecule has 0 amide bonds. The van der Waals surface area contributed by atoms with Crippen LogP contribution in [0.1, 0.15) is 32.7 Å². The van der Waals surface area contributed by atoms with Gasteiger partial charge in [0.05, 0.1) is 31.2 Å². The number of aromatic amines is 1. The third kappa shape index (κ3) is 3.19. The normalized spacial score (nSPS) is 16.4. The molecule has 0 unspecified atom stereocenters. The van der Waals surface area contributed by atoms with Crippen LogP contribution in [0.25, 0.3) is 21.8 Å². The molecule has 0 atom stereocenters. The van der Waals surface area contributed by atoms with Gasteiger partial charge in [-0.1, -0.05) is 30.2 Å². The molecular weight excluding hydrogens is 473 g/mol. The van der Waals surface area contributed by atoms with Gasteiger partial charge in [-0.25, -0.2) is 17.6 Å². The first-order valence-electron chi connectivity index (χ1n) is 10.1. The zero-order valence-corrected chi connectivity index (χ0v) is 19.2. The number of rotatable bonds is 3. The molecule has 1 aliphatic carbocycles. The molecule has 4 aromatic rings. The third-order valence-electron chi connectivity index (χ3n) is 6.28. The third-order valence-corrected chi connectivity index (χ3v) is 8.37. The molecule has 2 aromatic carbocycles. The summed E-state index contributed by atoms with van der Waals surface area (Å²) < 4.78 is 43.7. The summed E-state index contributed by atoms with van der Waals surface area (Å²) in [6.07, 6.45) is 3.51. The molecule has 11 heteroatoms. The van der Waals surface area contributed by atoms with Gasteiger partial charge in [0.1, 0.15) is 5.82 Å². The maximum Gasteiger partial charge on any atom is 0.362 e. The summed E-state index contributed by atoms with van der Waals surface area (Å²) in [6, 6.07) is 6.36. The van der Waals surface area contributed by atoms with Crippen molar-refractivity contribution in [2.45, 2.75) is 42.5 Å². The maximum absolute atomic E-state index is 15.0. The van der Waals surface area contributed by atoms with Crippen molar-refractivity contribution in [3.63, 3.8) is 0 Å². The molecule has 2 N–H and O–H groups in total. The van der Waals surface area contributed by atoms with Crippen LogP contribution in [0, 0.1) is 11.2 Å². The van der Waals surface area contributed by atoms with Crippen LogP contribution in [0.2, 0.25) is 5.02 Å². The second-order valence-corrected chi connectivity index (χ2v) is 11.5. The molecular formula is C22H19ClFN3O5S. The van der Waals surface area contributed by atoms with Crippen molar-refractivity contribution >= 4 is 43.2 Å². The number of aromatic nitrogens is 3. The number of H-pyrrole nitrogens is 1. The van der Waals surface area contributed by atoms with E-state index in [1.165, 1.54) is 12.1 Å². The van der Waals surface area contributed by atoms with Crippen molar-refractivity contribution in [3.05, 3.63) is 68.2 Å². The first-order chi connectivity index (χ1) is 15.4. The zero-order valence-electron chi connectivity index (χ0n) is 17.6. The topological polar surface area (TPSA) is 114 Å². The average molecular weight is 492 g/mol. The van der Waals surface area contributed by atoms with E-state index in [1.54, 1.807) is 12.3 Å². The fourth-order valence-corrected chi connectivity index (χ4v) is 6.37. The van der Waals surface area contributed by atoms with E-state index >= 15 is 0 Å². The molecule has 8 nitrogen and oxygen atoms in total. The first-order valence-corrected chi connectivity index (χ1v) is 12.0. The van der Waals surface area contributed by atoms with Crippen LogP contribution >= 0.6 is 11.6 Å². The van der Waals surface area contributed by atoms with Crippen molar-refractivity contribution in [2.24, 2.45) is 5.41 Å². The van der Waals surface area contributed by atoms with Crippen molar-refractivity contribution in [3.8, 4) is 0 Å². The monoisotopic (exact) mass is 491 g/mol. The minimum absolute atomic E-state index is 0.130. The molecule has 0 saturated heterocycles. The minimum atomic E-state index is -4.39. The minimum Gasteiger partial charge on any atom is -0.421 e. The Morgan fingerprint density at radius 3 is 2.55 bits per heavy atom. The second kappa shape index (κ2) is 6.94. The Balaban J connectivity index is 1.74. The fourth-order valence-electron chi connectivity index (χ4n) is 4.68.